The van der Waals surface area contributed by atoms with Crippen molar-refractivity contribution in [3.05, 3.63) is 23.8 Å². The van der Waals surface area contributed by atoms with Crippen molar-refractivity contribution in [1.29, 1.82) is 0 Å². The Morgan fingerprint density at radius 1 is 1.38 bits per heavy atom. The highest BCUT2D eigenvalue weighted by molar-refractivity contribution is 5.90. The molecule has 0 fully saturated rings. The minimum atomic E-state index is -5.00. The van der Waals surface area contributed by atoms with E-state index in [1.54, 1.807) is 0 Å². The molecule has 1 rings (SSSR count). The molecular weight excluding hydrogens is 234 g/mol. The van der Waals surface area contributed by atoms with Crippen LogP contribution in [0.3, 0.4) is 0 Å². The van der Waals surface area contributed by atoms with Crippen LogP contribution in [0.25, 0.3) is 0 Å². The number of carbonyl (C=O) groups excluding carboxylic acids is 1. The molecule has 0 aliphatic rings. The van der Waals surface area contributed by atoms with Crippen LogP contribution >= 0.6 is 0 Å². The molecule has 8 heteroatoms. The quantitative estimate of drug-likeness (QED) is 0.449. The standard InChI is InChI=1S/C8H5F4NO3/c1-15-7(14)6-4(16-8(10,11)12)2-3-5(9)13-6/h2-3H,1H3. The first-order valence-electron chi connectivity index (χ1n) is 3.84. The van der Waals surface area contributed by atoms with Gasteiger partial charge in [0.25, 0.3) is 0 Å². The minimum Gasteiger partial charge on any atom is -0.464 e. The molecule has 1 heterocycles. The van der Waals surface area contributed by atoms with E-state index in [0.717, 1.165) is 7.11 Å². The van der Waals surface area contributed by atoms with Gasteiger partial charge >= 0.3 is 12.3 Å². The highest BCUT2D eigenvalue weighted by Gasteiger charge is 2.33. The lowest BCUT2D eigenvalue weighted by molar-refractivity contribution is -0.274. The number of halogens is 4. The van der Waals surface area contributed by atoms with Crippen molar-refractivity contribution < 1.29 is 31.8 Å². The zero-order chi connectivity index (χ0) is 12.3. The summed E-state index contributed by atoms with van der Waals surface area (Å²) in [5.41, 5.74) is -0.875. The Labute approximate surface area is 86.8 Å². The van der Waals surface area contributed by atoms with Crippen molar-refractivity contribution in [2.45, 2.75) is 6.36 Å². The normalized spacial score (nSPS) is 11.1. The molecule has 4 nitrogen and oxygen atoms in total. The first-order chi connectivity index (χ1) is 7.33. The molecule has 0 aliphatic carbocycles. The van der Waals surface area contributed by atoms with E-state index in [2.05, 4.69) is 14.5 Å². The van der Waals surface area contributed by atoms with E-state index in [9.17, 15) is 22.4 Å². The Balaban J connectivity index is 3.13. The number of hydrogen-bond acceptors (Lipinski definition) is 4. The zero-order valence-corrected chi connectivity index (χ0v) is 7.84. The van der Waals surface area contributed by atoms with Crippen LogP contribution in [0.15, 0.2) is 12.1 Å². The minimum absolute atomic E-state index is 0.632. The molecule has 0 bridgehead atoms. The molecule has 1 aromatic heterocycles. The average Bonchev–Trinajstić information content (AvgIpc) is 2.17. The predicted molar refractivity (Wildman–Crippen MR) is 42.2 cm³/mol. The van der Waals surface area contributed by atoms with Crippen molar-refractivity contribution in [1.82, 2.24) is 4.98 Å². The van der Waals surface area contributed by atoms with Gasteiger partial charge in [-0.05, 0) is 12.1 Å². The number of aromatic nitrogens is 1. The van der Waals surface area contributed by atoms with Crippen LogP contribution in [0.4, 0.5) is 17.6 Å². The molecule has 88 valence electrons. The second-order valence-electron chi connectivity index (χ2n) is 2.52. The average molecular weight is 239 g/mol. The van der Waals surface area contributed by atoms with E-state index in [4.69, 9.17) is 0 Å². The lowest BCUT2D eigenvalue weighted by Gasteiger charge is -2.10. The lowest BCUT2D eigenvalue weighted by Crippen LogP contribution is -2.20. The van der Waals surface area contributed by atoms with Gasteiger partial charge in [-0.3, -0.25) is 0 Å². The molecular formula is C8H5F4NO3. The van der Waals surface area contributed by atoms with Gasteiger partial charge in [-0.25, -0.2) is 9.78 Å². The van der Waals surface area contributed by atoms with Crippen molar-refractivity contribution in [3.63, 3.8) is 0 Å². The molecule has 0 aliphatic heterocycles. The maximum Gasteiger partial charge on any atom is 0.573 e. The molecule has 0 amide bonds. The summed E-state index contributed by atoms with van der Waals surface area (Å²) in [6, 6.07) is 1.27. The maximum atomic E-state index is 12.6. The van der Waals surface area contributed by atoms with Gasteiger partial charge in [0.1, 0.15) is 0 Å². The summed E-state index contributed by atoms with van der Waals surface area (Å²) in [5, 5.41) is 0. The second-order valence-corrected chi connectivity index (χ2v) is 2.52. The molecule has 0 spiro atoms. The van der Waals surface area contributed by atoms with Gasteiger partial charge in [-0.15, -0.1) is 13.2 Å². The van der Waals surface area contributed by atoms with Gasteiger partial charge < -0.3 is 9.47 Å². The first kappa shape index (κ1) is 12.2. The number of esters is 1. The number of rotatable bonds is 2. The van der Waals surface area contributed by atoms with E-state index in [1.165, 1.54) is 0 Å². The Kier molecular flexibility index (Phi) is 3.31. The van der Waals surface area contributed by atoms with Crippen molar-refractivity contribution >= 4 is 5.97 Å². The largest absolute Gasteiger partial charge is 0.573 e. The summed E-state index contributed by atoms with van der Waals surface area (Å²) >= 11 is 0. The summed E-state index contributed by atoms with van der Waals surface area (Å²) < 4.78 is 55.9. The molecule has 0 unspecified atom stereocenters. The maximum absolute atomic E-state index is 12.6. The fourth-order valence-electron chi connectivity index (χ4n) is 0.873. The van der Waals surface area contributed by atoms with Crippen molar-refractivity contribution in [2.75, 3.05) is 7.11 Å². The second kappa shape index (κ2) is 4.33. The van der Waals surface area contributed by atoms with Crippen LogP contribution in [0, 0.1) is 5.95 Å². The number of carbonyl (C=O) groups is 1. The van der Waals surface area contributed by atoms with Gasteiger partial charge in [0.05, 0.1) is 7.11 Å². The van der Waals surface area contributed by atoms with Gasteiger partial charge in [-0.1, -0.05) is 0 Å². The number of nitrogens with zero attached hydrogens (tertiary/aromatic N) is 1. The molecule has 0 radical (unpaired) electrons. The highest BCUT2D eigenvalue weighted by Crippen LogP contribution is 2.25. The third-order valence-electron chi connectivity index (χ3n) is 1.43. The fourth-order valence-corrected chi connectivity index (χ4v) is 0.873. The van der Waals surface area contributed by atoms with Crippen LogP contribution in [0.5, 0.6) is 5.75 Å². The van der Waals surface area contributed by atoms with Crippen molar-refractivity contribution in [3.8, 4) is 5.75 Å². The number of methoxy groups -OCH3 is 1. The number of hydrogen-bond donors (Lipinski definition) is 0. The summed E-state index contributed by atoms with van der Waals surface area (Å²) in [4.78, 5) is 13.9. The fraction of sp³-hybridized carbons (Fsp3) is 0.250. The SMILES string of the molecule is COC(=O)c1nc(F)ccc1OC(F)(F)F. The number of pyridine rings is 1. The summed E-state index contributed by atoms with van der Waals surface area (Å²) in [5.74, 6) is -3.26. The summed E-state index contributed by atoms with van der Waals surface area (Å²) in [6.07, 6.45) is -5.00. The topological polar surface area (TPSA) is 48.4 Å². The molecule has 0 saturated heterocycles. The van der Waals surface area contributed by atoms with Crippen LogP contribution in [-0.2, 0) is 4.74 Å². The van der Waals surface area contributed by atoms with Crippen molar-refractivity contribution in [2.24, 2.45) is 0 Å². The Morgan fingerprint density at radius 3 is 2.50 bits per heavy atom. The van der Waals surface area contributed by atoms with Gasteiger partial charge in [0.2, 0.25) is 5.95 Å². The lowest BCUT2D eigenvalue weighted by atomic mass is 10.3. The van der Waals surface area contributed by atoms with E-state index in [-0.39, 0.29) is 0 Å². The Hall–Kier alpha value is -1.86. The van der Waals surface area contributed by atoms with E-state index in [0.29, 0.717) is 12.1 Å². The highest BCUT2D eigenvalue weighted by atomic mass is 19.4. The van der Waals surface area contributed by atoms with Gasteiger partial charge in [0.15, 0.2) is 11.4 Å². The molecule has 16 heavy (non-hydrogen) atoms. The molecule has 0 N–H and O–H groups in total. The van der Waals surface area contributed by atoms with E-state index >= 15 is 0 Å². The first-order valence-corrected chi connectivity index (χ1v) is 3.84. The van der Waals surface area contributed by atoms with Crippen LogP contribution < -0.4 is 4.74 Å². The van der Waals surface area contributed by atoms with E-state index < -0.39 is 29.7 Å². The van der Waals surface area contributed by atoms with Crippen LogP contribution in [0.2, 0.25) is 0 Å². The van der Waals surface area contributed by atoms with Crippen LogP contribution in [0.1, 0.15) is 10.5 Å². The summed E-state index contributed by atoms with van der Waals surface area (Å²) in [7, 11) is 0.923. The van der Waals surface area contributed by atoms with E-state index in [1.807, 2.05) is 0 Å². The number of alkyl halides is 3. The van der Waals surface area contributed by atoms with Gasteiger partial charge in [-0.2, -0.15) is 4.39 Å². The Bertz CT molecular complexity index is 405. The molecule has 0 atom stereocenters. The smallest absolute Gasteiger partial charge is 0.464 e. The third-order valence-corrected chi connectivity index (χ3v) is 1.43. The molecule has 1 aromatic rings. The van der Waals surface area contributed by atoms with Crippen LogP contribution in [-0.4, -0.2) is 24.4 Å². The third kappa shape index (κ3) is 3.07. The summed E-state index contributed by atoms with van der Waals surface area (Å²) in [6.45, 7) is 0. The molecule has 0 aromatic carbocycles. The predicted octanol–water partition coefficient (Wildman–Crippen LogP) is 1.91. The number of ether oxygens (including phenoxy) is 2. The monoisotopic (exact) mass is 239 g/mol. The molecule has 0 saturated carbocycles. The zero-order valence-electron chi connectivity index (χ0n) is 7.84. The van der Waals surface area contributed by atoms with Gasteiger partial charge in [0, 0.05) is 0 Å². The Morgan fingerprint density at radius 2 is 2.00 bits per heavy atom.